The Bertz CT molecular complexity index is 544. The van der Waals surface area contributed by atoms with Gasteiger partial charge in [-0.15, -0.1) is 0 Å². The molecule has 22 heavy (non-hydrogen) atoms. The van der Waals surface area contributed by atoms with Crippen LogP contribution in [0.1, 0.15) is 25.5 Å². The molecule has 2 heterocycles. The molecule has 1 fully saturated rings. The molecule has 1 atom stereocenters. The van der Waals surface area contributed by atoms with Gasteiger partial charge in [0.1, 0.15) is 5.92 Å². The number of hydrogen-bond acceptors (Lipinski definition) is 5. The van der Waals surface area contributed by atoms with Gasteiger partial charge in [-0.1, -0.05) is 6.07 Å². The topological polar surface area (TPSA) is 76.6 Å². The zero-order chi connectivity index (χ0) is 15.9. The van der Waals surface area contributed by atoms with Gasteiger partial charge in [-0.05, 0) is 31.9 Å². The number of likely N-dealkylation sites (tertiary alicyclic amines) is 1. The zero-order valence-corrected chi connectivity index (χ0v) is 12.7. The van der Waals surface area contributed by atoms with Crippen LogP contribution in [-0.4, -0.2) is 47.2 Å². The van der Waals surface area contributed by atoms with E-state index in [1.165, 1.54) is 4.90 Å². The number of aryl methyl sites for hydroxylation is 1. The number of esters is 1. The van der Waals surface area contributed by atoms with Crippen LogP contribution in [0.25, 0.3) is 0 Å². The Kier molecular flexibility index (Phi) is 5.63. The molecule has 0 aromatic carbocycles. The summed E-state index contributed by atoms with van der Waals surface area (Å²) in [5.41, 5.74) is 0.851. The number of aromatic nitrogens is 1. The summed E-state index contributed by atoms with van der Waals surface area (Å²) in [7, 11) is 0. The van der Waals surface area contributed by atoms with Crippen molar-refractivity contribution in [1.29, 1.82) is 0 Å². The Labute approximate surface area is 129 Å². The molecule has 118 valence electrons. The van der Waals surface area contributed by atoms with Gasteiger partial charge in [0.25, 0.3) is 0 Å². The second kappa shape index (κ2) is 7.68. The minimum atomic E-state index is -0.722. The predicted molar refractivity (Wildman–Crippen MR) is 78.9 cm³/mol. The molecule has 0 N–H and O–H groups in total. The van der Waals surface area contributed by atoms with Crippen molar-refractivity contribution in [2.45, 2.75) is 26.2 Å². The summed E-state index contributed by atoms with van der Waals surface area (Å²) in [5, 5.41) is 0. The van der Waals surface area contributed by atoms with Crippen molar-refractivity contribution < 1.29 is 19.1 Å². The highest BCUT2D eigenvalue weighted by Crippen LogP contribution is 2.17. The van der Waals surface area contributed by atoms with Gasteiger partial charge in [-0.2, -0.15) is 0 Å². The number of amides is 1. The summed E-state index contributed by atoms with van der Waals surface area (Å²) in [5.74, 6) is -1.52. The number of carbonyl (C=O) groups excluding carboxylic acids is 3. The smallest absolute Gasteiger partial charge is 0.316 e. The zero-order valence-electron chi connectivity index (χ0n) is 12.7. The van der Waals surface area contributed by atoms with Crippen LogP contribution in [0.2, 0.25) is 0 Å². The molecule has 1 unspecified atom stereocenters. The normalized spacial score (nSPS) is 18.1. The minimum absolute atomic E-state index is 0.00939. The lowest BCUT2D eigenvalue weighted by atomic mass is 9.95. The minimum Gasteiger partial charge on any atom is -0.465 e. The molecule has 1 aromatic rings. The standard InChI is InChI=1S/C16H20N2O4/c1-2-22-16(21)13-8-10-18(11-14(13)19)15(20)7-6-12-5-3-4-9-17-12/h3-5,9,13H,2,6-8,10-11H2,1H3. The Hall–Kier alpha value is -2.24. The van der Waals surface area contributed by atoms with Gasteiger partial charge < -0.3 is 9.64 Å². The maximum atomic E-state index is 12.1. The van der Waals surface area contributed by atoms with E-state index in [1.807, 2.05) is 18.2 Å². The van der Waals surface area contributed by atoms with Gasteiger partial charge in [-0.25, -0.2) is 0 Å². The molecule has 6 nitrogen and oxygen atoms in total. The summed E-state index contributed by atoms with van der Waals surface area (Å²) in [6, 6.07) is 5.57. The third kappa shape index (κ3) is 4.13. The molecule has 0 saturated carbocycles. The Morgan fingerprint density at radius 3 is 2.86 bits per heavy atom. The molecule has 1 aromatic heterocycles. The molecule has 0 bridgehead atoms. The number of rotatable bonds is 5. The van der Waals surface area contributed by atoms with Gasteiger partial charge in [0.05, 0.1) is 13.2 Å². The lowest BCUT2D eigenvalue weighted by Gasteiger charge is -2.29. The Morgan fingerprint density at radius 1 is 1.41 bits per heavy atom. The van der Waals surface area contributed by atoms with E-state index in [9.17, 15) is 14.4 Å². The lowest BCUT2D eigenvalue weighted by Crippen LogP contribution is -2.46. The van der Waals surface area contributed by atoms with Gasteiger partial charge >= 0.3 is 5.97 Å². The second-order valence-corrected chi connectivity index (χ2v) is 5.20. The fraction of sp³-hybridized carbons (Fsp3) is 0.500. The van der Waals surface area contributed by atoms with Crippen molar-refractivity contribution in [3.63, 3.8) is 0 Å². The van der Waals surface area contributed by atoms with E-state index in [0.717, 1.165) is 5.69 Å². The van der Waals surface area contributed by atoms with Crippen molar-refractivity contribution in [1.82, 2.24) is 9.88 Å². The Balaban J connectivity index is 1.83. The van der Waals surface area contributed by atoms with Gasteiger partial charge in [0.2, 0.25) is 5.91 Å². The number of ether oxygens (including phenoxy) is 1. The molecule has 1 saturated heterocycles. The quantitative estimate of drug-likeness (QED) is 0.599. The van der Waals surface area contributed by atoms with Crippen molar-refractivity contribution in [2.75, 3.05) is 19.7 Å². The molecule has 1 aliphatic heterocycles. The molecular weight excluding hydrogens is 284 g/mol. The monoisotopic (exact) mass is 304 g/mol. The molecule has 0 aliphatic carbocycles. The number of carbonyl (C=O) groups is 3. The van der Waals surface area contributed by atoms with Crippen LogP contribution < -0.4 is 0 Å². The average molecular weight is 304 g/mol. The highest BCUT2D eigenvalue weighted by atomic mass is 16.5. The Morgan fingerprint density at radius 2 is 2.23 bits per heavy atom. The van der Waals surface area contributed by atoms with E-state index < -0.39 is 11.9 Å². The van der Waals surface area contributed by atoms with Crippen LogP contribution in [-0.2, 0) is 25.5 Å². The third-order valence-corrected chi connectivity index (χ3v) is 3.67. The predicted octanol–water partition coefficient (Wildman–Crippen LogP) is 0.995. The summed E-state index contributed by atoms with van der Waals surface area (Å²) in [4.78, 5) is 41.5. The van der Waals surface area contributed by atoms with E-state index in [-0.39, 0.29) is 24.8 Å². The van der Waals surface area contributed by atoms with Crippen LogP contribution in [0.3, 0.4) is 0 Å². The van der Waals surface area contributed by atoms with E-state index >= 15 is 0 Å². The van der Waals surface area contributed by atoms with Crippen LogP contribution in [0.5, 0.6) is 0 Å². The van der Waals surface area contributed by atoms with Crippen molar-refractivity contribution in [2.24, 2.45) is 5.92 Å². The molecule has 0 spiro atoms. The number of hydrogen-bond donors (Lipinski definition) is 0. The fourth-order valence-corrected chi connectivity index (χ4v) is 2.47. The van der Waals surface area contributed by atoms with E-state index in [4.69, 9.17) is 4.74 Å². The van der Waals surface area contributed by atoms with E-state index in [2.05, 4.69) is 4.98 Å². The van der Waals surface area contributed by atoms with Gasteiger partial charge in [0.15, 0.2) is 5.78 Å². The van der Waals surface area contributed by atoms with Crippen LogP contribution >= 0.6 is 0 Å². The van der Waals surface area contributed by atoms with Crippen molar-refractivity contribution in [3.8, 4) is 0 Å². The van der Waals surface area contributed by atoms with E-state index in [1.54, 1.807) is 13.1 Å². The molecular formula is C16H20N2O4. The first kappa shape index (κ1) is 16.1. The first-order valence-corrected chi connectivity index (χ1v) is 7.49. The SMILES string of the molecule is CCOC(=O)C1CCN(C(=O)CCc2ccccn2)CC1=O. The van der Waals surface area contributed by atoms with Crippen LogP contribution in [0.15, 0.2) is 24.4 Å². The number of ketones is 1. The van der Waals surface area contributed by atoms with E-state index in [0.29, 0.717) is 25.8 Å². The number of pyridine rings is 1. The maximum Gasteiger partial charge on any atom is 0.316 e. The number of piperidine rings is 1. The van der Waals surface area contributed by atoms with Gasteiger partial charge in [0, 0.05) is 24.9 Å². The average Bonchev–Trinajstić information content (AvgIpc) is 2.53. The lowest BCUT2D eigenvalue weighted by molar-refractivity contribution is -0.156. The van der Waals surface area contributed by atoms with Crippen molar-refractivity contribution in [3.05, 3.63) is 30.1 Å². The molecule has 6 heteroatoms. The summed E-state index contributed by atoms with van der Waals surface area (Å²) in [6.45, 7) is 2.37. The summed E-state index contributed by atoms with van der Waals surface area (Å²) >= 11 is 0. The number of Topliss-reactive ketones (excluding diaryl/α,β-unsaturated/α-hetero) is 1. The largest absolute Gasteiger partial charge is 0.465 e. The molecule has 0 radical (unpaired) electrons. The molecule has 1 aliphatic rings. The van der Waals surface area contributed by atoms with Crippen molar-refractivity contribution >= 4 is 17.7 Å². The summed E-state index contributed by atoms with van der Waals surface area (Å²) in [6.07, 6.45) is 2.89. The van der Waals surface area contributed by atoms with Crippen LogP contribution in [0.4, 0.5) is 0 Å². The highest BCUT2D eigenvalue weighted by Gasteiger charge is 2.34. The highest BCUT2D eigenvalue weighted by molar-refractivity contribution is 6.01. The first-order chi connectivity index (χ1) is 10.6. The molecule has 1 amide bonds. The summed E-state index contributed by atoms with van der Waals surface area (Å²) < 4.78 is 4.88. The number of nitrogens with zero attached hydrogens (tertiary/aromatic N) is 2. The first-order valence-electron chi connectivity index (χ1n) is 7.49. The van der Waals surface area contributed by atoms with Gasteiger partial charge in [-0.3, -0.25) is 19.4 Å². The fourth-order valence-electron chi connectivity index (χ4n) is 2.47. The third-order valence-electron chi connectivity index (χ3n) is 3.67. The molecule has 2 rings (SSSR count). The van der Waals surface area contributed by atoms with Crippen LogP contribution in [0, 0.1) is 5.92 Å². The second-order valence-electron chi connectivity index (χ2n) is 5.20. The maximum absolute atomic E-state index is 12.1.